The minimum atomic E-state index is -1.13. The van der Waals surface area contributed by atoms with E-state index >= 15 is 0 Å². The van der Waals surface area contributed by atoms with Crippen LogP contribution in [0.5, 0.6) is 0 Å². The molecule has 0 amide bonds. The third kappa shape index (κ3) is 2.26. The first-order valence-corrected chi connectivity index (χ1v) is 6.12. The summed E-state index contributed by atoms with van der Waals surface area (Å²) in [6, 6.07) is 10.4. The lowest BCUT2D eigenvalue weighted by molar-refractivity contribution is 0.220. The summed E-state index contributed by atoms with van der Waals surface area (Å²) in [6.45, 7) is 0. The molecule has 0 aliphatic heterocycles. The minimum Gasteiger partial charge on any atom is -0.384 e. The maximum Gasteiger partial charge on any atom is 0.126 e. The smallest absolute Gasteiger partial charge is 0.126 e. The average molecular weight is 271 g/mol. The Balaban J connectivity index is 2.15. The molecule has 1 heterocycles. The number of aromatic nitrogens is 1. The lowest BCUT2D eigenvalue weighted by Gasteiger charge is -2.14. The number of nitrogens with zero attached hydrogens (tertiary/aromatic N) is 1. The summed E-state index contributed by atoms with van der Waals surface area (Å²) in [5.74, 6) is -1.43. The molecule has 0 aliphatic carbocycles. The molecule has 20 heavy (non-hydrogen) atoms. The highest BCUT2D eigenvalue weighted by molar-refractivity contribution is 5.85. The fourth-order valence-corrected chi connectivity index (χ4v) is 2.27. The molecule has 3 rings (SSSR count). The van der Waals surface area contributed by atoms with Gasteiger partial charge in [-0.15, -0.1) is 0 Å². The Morgan fingerprint density at radius 3 is 2.40 bits per heavy atom. The van der Waals surface area contributed by atoms with Crippen LogP contribution < -0.4 is 0 Å². The number of aliphatic hydroxyl groups excluding tert-OH is 1. The van der Waals surface area contributed by atoms with Crippen molar-refractivity contribution < 1.29 is 13.9 Å². The molecular weight excluding hydrogens is 260 g/mol. The predicted molar refractivity (Wildman–Crippen MR) is 72.2 cm³/mol. The average Bonchev–Trinajstić information content (AvgIpc) is 2.45. The van der Waals surface area contributed by atoms with E-state index in [1.165, 1.54) is 6.20 Å². The SMILES string of the molecule is OC(c1cc(F)cc(F)c1)c1cncc2ccccc12. The van der Waals surface area contributed by atoms with Crippen LogP contribution in [0.4, 0.5) is 8.78 Å². The largest absolute Gasteiger partial charge is 0.384 e. The van der Waals surface area contributed by atoms with E-state index < -0.39 is 17.7 Å². The van der Waals surface area contributed by atoms with Gasteiger partial charge in [-0.1, -0.05) is 24.3 Å². The van der Waals surface area contributed by atoms with E-state index in [-0.39, 0.29) is 5.56 Å². The van der Waals surface area contributed by atoms with Crippen LogP contribution in [0.1, 0.15) is 17.2 Å². The van der Waals surface area contributed by atoms with Crippen LogP contribution in [0.25, 0.3) is 10.8 Å². The summed E-state index contributed by atoms with van der Waals surface area (Å²) in [4.78, 5) is 4.06. The summed E-state index contributed by atoms with van der Waals surface area (Å²) in [5, 5.41) is 12.0. The molecule has 0 fully saturated rings. The van der Waals surface area contributed by atoms with Crippen molar-refractivity contribution in [1.82, 2.24) is 4.98 Å². The topological polar surface area (TPSA) is 33.1 Å². The highest BCUT2D eigenvalue weighted by Gasteiger charge is 2.15. The Morgan fingerprint density at radius 2 is 1.65 bits per heavy atom. The van der Waals surface area contributed by atoms with Gasteiger partial charge in [0.15, 0.2) is 0 Å². The molecule has 1 N–H and O–H groups in total. The highest BCUT2D eigenvalue weighted by atomic mass is 19.1. The fraction of sp³-hybridized carbons (Fsp3) is 0.0625. The lowest BCUT2D eigenvalue weighted by Crippen LogP contribution is -2.02. The van der Waals surface area contributed by atoms with Crippen molar-refractivity contribution in [3.05, 3.63) is 77.6 Å². The normalized spacial score (nSPS) is 12.6. The molecule has 0 saturated heterocycles. The molecule has 4 heteroatoms. The molecule has 2 aromatic carbocycles. The van der Waals surface area contributed by atoms with Gasteiger partial charge in [-0.3, -0.25) is 4.98 Å². The standard InChI is InChI=1S/C16H11F2NO/c17-12-5-11(6-13(18)7-12)16(20)15-9-19-8-10-3-1-2-4-14(10)15/h1-9,16,20H. The molecular formula is C16H11F2NO. The first-order chi connectivity index (χ1) is 9.65. The molecule has 0 saturated carbocycles. The van der Waals surface area contributed by atoms with Crippen LogP contribution >= 0.6 is 0 Å². The van der Waals surface area contributed by atoms with Crippen molar-refractivity contribution in [3.63, 3.8) is 0 Å². The second kappa shape index (κ2) is 4.98. The number of hydrogen-bond donors (Lipinski definition) is 1. The van der Waals surface area contributed by atoms with Crippen LogP contribution in [0.3, 0.4) is 0 Å². The molecule has 1 atom stereocenters. The minimum absolute atomic E-state index is 0.167. The number of fused-ring (bicyclic) bond motifs is 1. The van der Waals surface area contributed by atoms with Gasteiger partial charge < -0.3 is 5.11 Å². The van der Waals surface area contributed by atoms with Gasteiger partial charge in [0.05, 0.1) is 0 Å². The van der Waals surface area contributed by atoms with Crippen LogP contribution in [0.15, 0.2) is 54.9 Å². The number of pyridine rings is 1. The molecule has 1 unspecified atom stereocenters. The first kappa shape index (κ1) is 12.7. The maximum atomic E-state index is 13.3. The van der Waals surface area contributed by atoms with Crippen LogP contribution in [0.2, 0.25) is 0 Å². The Labute approximate surface area is 114 Å². The zero-order valence-electron chi connectivity index (χ0n) is 10.4. The Kier molecular flexibility index (Phi) is 3.16. The van der Waals surface area contributed by atoms with Crippen molar-refractivity contribution >= 4 is 10.8 Å². The van der Waals surface area contributed by atoms with Crippen molar-refractivity contribution in [2.45, 2.75) is 6.10 Å². The third-order valence-corrected chi connectivity index (χ3v) is 3.19. The number of rotatable bonds is 2. The second-order valence-corrected chi connectivity index (χ2v) is 4.56. The Morgan fingerprint density at radius 1 is 0.950 bits per heavy atom. The van der Waals surface area contributed by atoms with Gasteiger partial charge in [-0.25, -0.2) is 8.78 Å². The molecule has 0 aliphatic rings. The van der Waals surface area contributed by atoms with Gasteiger partial charge in [0.2, 0.25) is 0 Å². The van der Waals surface area contributed by atoms with Gasteiger partial charge >= 0.3 is 0 Å². The molecule has 0 spiro atoms. The third-order valence-electron chi connectivity index (χ3n) is 3.19. The fourth-order valence-electron chi connectivity index (χ4n) is 2.27. The zero-order chi connectivity index (χ0) is 14.1. The molecule has 2 nitrogen and oxygen atoms in total. The van der Waals surface area contributed by atoms with Crippen molar-refractivity contribution in [2.24, 2.45) is 0 Å². The van der Waals surface area contributed by atoms with Gasteiger partial charge in [0.1, 0.15) is 17.7 Å². The zero-order valence-corrected chi connectivity index (χ0v) is 10.4. The van der Waals surface area contributed by atoms with Gasteiger partial charge in [0.25, 0.3) is 0 Å². The summed E-state index contributed by atoms with van der Waals surface area (Å²) in [7, 11) is 0. The molecule has 3 aromatic rings. The van der Waals surface area contributed by atoms with E-state index in [1.54, 1.807) is 6.20 Å². The quantitative estimate of drug-likeness (QED) is 0.772. The highest BCUT2D eigenvalue weighted by Crippen LogP contribution is 2.28. The van der Waals surface area contributed by atoms with E-state index in [1.807, 2.05) is 24.3 Å². The molecule has 1 aromatic heterocycles. The summed E-state index contributed by atoms with van der Waals surface area (Å²) >= 11 is 0. The number of hydrogen-bond acceptors (Lipinski definition) is 2. The first-order valence-electron chi connectivity index (χ1n) is 6.12. The van der Waals surface area contributed by atoms with Gasteiger partial charge in [-0.05, 0) is 23.1 Å². The Hall–Kier alpha value is -2.33. The van der Waals surface area contributed by atoms with Crippen molar-refractivity contribution in [3.8, 4) is 0 Å². The maximum absolute atomic E-state index is 13.3. The Bertz CT molecular complexity index is 748. The van der Waals surface area contributed by atoms with Crippen molar-refractivity contribution in [2.75, 3.05) is 0 Å². The molecule has 0 bridgehead atoms. The van der Waals surface area contributed by atoms with Crippen LogP contribution in [0, 0.1) is 11.6 Å². The predicted octanol–water partition coefficient (Wildman–Crippen LogP) is 3.59. The van der Waals surface area contributed by atoms with E-state index in [0.29, 0.717) is 5.56 Å². The summed E-state index contributed by atoms with van der Waals surface area (Å²) in [6.07, 6.45) is 2.06. The number of halogens is 2. The second-order valence-electron chi connectivity index (χ2n) is 4.56. The van der Waals surface area contributed by atoms with Crippen LogP contribution in [-0.4, -0.2) is 10.1 Å². The lowest BCUT2D eigenvalue weighted by atomic mass is 9.98. The van der Waals surface area contributed by atoms with E-state index in [9.17, 15) is 13.9 Å². The number of aliphatic hydroxyl groups is 1. The van der Waals surface area contributed by atoms with E-state index in [4.69, 9.17) is 0 Å². The summed E-state index contributed by atoms with van der Waals surface area (Å²) < 4.78 is 26.5. The van der Waals surface area contributed by atoms with Crippen LogP contribution in [-0.2, 0) is 0 Å². The number of benzene rings is 2. The van der Waals surface area contributed by atoms with Gasteiger partial charge in [-0.2, -0.15) is 0 Å². The monoisotopic (exact) mass is 271 g/mol. The van der Waals surface area contributed by atoms with Crippen molar-refractivity contribution in [1.29, 1.82) is 0 Å². The van der Waals surface area contributed by atoms with E-state index in [0.717, 1.165) is 29.0 Å². The summed E-state index contributed by atoms with van der Waals surface area (Å²) in [5.41, 5.74) is 0.689. The van der Waals surface area contributed by atoms with Gasteiger partial charge in [0, 0.05) is 29.4 Å². The van der Waals surface area contributed by atoms with E-state index in [2.05, 4.69) is 4.98 Å². The molecule has 0 radical (unpaired) electrons. The molecule has 100 valence electrons.